The summed E-state index contributed by atoms with van der Waals surface area (Å²) in [5, 5.41) is 12.1. The summed E-state index contributed by atoms with van der Waals surface area (Å²) >= 11 is 0. The van der Waals surface area contributed by atoms with Crippen LogP contribution in [0, 0.1) is 37.4 Å². The van der Waals surface area contributed by atoms with Gasteiger partial charge in [-0.05, 0) is 76.1 Å². The predicted octanol–water partition coefficient (Wildman–Crippen LogP) is 6.23. The van der Waals surface area contributed by atoms with Gasteiger partial charge in [-0.3, -0.25) is 4.79 Å². The van der Waals surface area contributed by atoms with Gasteiger partial charge in [0.2, 0.25) is 0 Å². The smallest absolute Gasteiger partial charge is 0.339 e. The number of anilines is 3. The highest BCUT2D eigenvalue weighted by Gasteiger charge is 2.39. The van der Waals surface area contributed by atoms with Crippen molar-refractivity contribution < 1.29 is 18.7 Å². The van der Waals surface area contributed by atoms with E-state index in [1.807, 2.05) is 47.6 Å². The van der Waals surface area contributed by atoms with E-state index < -0.39 is 16.9 Å². The van der Waals surface area contributed by atoms with Crippen molar-refractivity contribution in [2.75, 3.05) is 37.0 Å². The van der Waals surface area contributed by atoms with E-state index in [0.717, 1.165) is 11.4 Å². The number of nitrogens with zero attached hydrogens (tertiary/aromatic N) is 4. The number of esters is 1. The third-order valence-corrected chi connectivity index (χ3v) is 7.80. The number of methoxy groups -OCH3 is 1. The van der Waals surface area contributed by atoms with Gasteiger partial charge >= 0.3 is 5.97 Å². The van der Waals surface area contributed by atoms with Gasteiger partial charge < -0.3 is 25.3 Å². The van der Waals surface area contributed by atoms with Crippen LogP contribution in [0.1, 0.15) is 78.0 Å². The lowest BCUT2D eigenvalue weighted by molar-refractivity contribution is 0.0506. The first-order valence-electron chi connectivity index (χ1n) is 14.3. The summed E-state index contributed by atoms with van der Waals surface area (Å²) in [5.74, 6) is -0.242. The van der Waals surface area contributed by atoms with Crippen molar-refractivity contribution in [3.8, 4) is 0 Å². The van der Waals surface area contributed by atoms with Crippen molar-refractivity contribution in [3.05, 3.63) is 76.0 Å². The number of amides is 1. The number of hydrogen-bond acceptors (Lipinski definition) is 8. The second kappa shape index (κ2) is 11.7. The number of rotatable bonds is 6. The number of piperazine rings is 1. The van der Waals surface area contributed by atoms with Gasteiger partial charge in [0.05, 0.1) is 35.3 Å². The van der Waals surface area contributed by atoms with E-state index >= 15 is 0 Å². The first-order valence-corrected chi connectivity index (χ1v) is 14.3. The predicted molar refractivity (Wildman–Crippen MR) is 167 cm³/mol. The Labute approximate surface area is 253 Å². The number of aromatic nitrogens is 2. The highest BCUT2D eigenvalue weighted by atomic mass is 19.1. The summed E-state index contributed by atoms with van der Waals surface area (Å²) in [7, 11) is 1.35. The molecule has 0 spiro atoms. The molecule has 1 aliphatic heterocycles. The SMILES string of the molecule is COC(=O)c1c(C)cc(N2CCN(C(=O)c3ccc(Nc4ccc(C)c(F)c4)c(C(=N)C(C)(C)C)n3)C(C)(C)C2)nc1C. The van der Waals surface area contributed by atoms with Crippen LogP contribution >= 0.6 is 0 Å². The molecule has 0 saturated carbocycles. The standard InChI is InChI=1S/C33H41FN6O3/c1-19-10-11-22(17-23(19)34)37-24-12-13-25(38-28(24)29(35)32(4,5)6)30(41)40-15-14-39(18-33(40,7)8)26-16-20(2)27(21(3)36-26)31(42)43-9/h10-13,16-17,35,37H,14-15,18H2,1-9H3. The molecule has 0 atom stereocenters. The molecule has 4 rings (SSSR count). The summed E-state index contributed by atoms with van der Waals surface area (Å²) < 4.78 is 19.2. The summed E-state index contributed by atoms with van der Waals surface area (Å²) in [5.41, 5.74) is 3.16. The molecule has 1 fully saturated rings. The van der Waals surface area contributed by atoms with Crippen LogP contribution in [0.2, 0.25) is 0 Å². The molecule has 1 aromatic carbocycles. The number of benzene rings is 1. The third-order valence-electron chi connectivity index (χ3n) is 7.80. The number of carbonyl (C=O) groups is 2. The number of aryl methyl sites for hydroxylation is 3. The maximum absolute atomic E-state index is 14.2. The van der Waals surface area contributed by atoms with Gasteiger partial charge in [0.1, 0.15) is 23.0 Å². The van der Waals surface area contributed by atoms with Crippen LogP contribution in [0.15, 0.2) is 36.4 Å². The van der Waals surface area contributed by atoms with E-state index in [-0.39, 0.29) is 23.1 Å². The average molecular weight is 589 g/mol. The van der Waals surface area contributed by atoms with Crippen LogP contribution in [0.5, 0.6) is 0 Å². The van der Waals surface area contributed by atoms with Gasteiger partial charge in [-0.25, -0.2) is 19.2 Å². The van der Waals surface area contributed by atoms with Crippen molar-refractivity contribution >= 4 is 34.8 Å². The van der Waals surface area contributed by atoms with Crippen molar-refractivity contribution in [2.45, 2.75) is 60.9 Å². The lowest BCUT2D eigenvalue weighted by Crippen LogP contribution is -2.61. The van der Waals surface area contributed by atoms with Crippen molar-refractivity contribution in [2.24, 2.45) is 5.41 Å². The summed E-state index contributed by atoms with van der Waals surface area (Å²) in [4.78, 5) is 39.4. The van der Waals surface area contributed by atoms with Crippen LogP contribution < -0.4 is 10.2 Å². The molecule has 2 N–H and O–H groups in total. The van der Waals surface area contributed by atoms with E-state index in [9.17, 15) is 14.0 Å². The first kappa shape index (κ1) is 31.6. The zero-order valence-corrected chi connectivity index (χ0v) is 26.5. The number of carbonyl (C=O) groups excluding carboxylic acids is 2. The molecule has 228 valence electrons. The fourth-order valence-electron chi connectivity index (χ4n) is 5.30. The van der Waals surface area contributed by atoms with Crippen LogP contribution in [0.25, 0.3) is 0 Å². The van der Waals surface area contributed by atoms with Crippen molar-refractivity contribution in [1.29, 1.82) is 5.41 Å². The molecule has 43 heavy (non-hydrogen) atoms. The topological polar surface area (TPSA) is 112 Å². The van der Waals surface area contributed by atoms with Crippen molar-refractivity contribution in [1.82, 2.24) is 14.9 Å². The highest BCUT2D eigenvalue weighted by Crippen LogP contribution is 2.31. The normalized spacial score (nSPS) is 14.8. The molecule has 2 aromatic heterocycles. The third kappa shape index (κ3) is 6.53. The summed E-state index contributed by atoms with van der Waals surface area (Å²) in [6.07, 6.45) is 0. The van der Waals surface area contributed by atoms with E-state index in [1.165, 1.54) is 13.2 Å². The zero-order valence-electron chi connectivity index (χ0n) is 26.5. The lowest BCUT2D eigenvalue weighted by Gasteiger charge is -2.47. The Morgan fingerprint density at radius 2 is 1.72 bits per heavy atom. The second-order valence-electron chi connectivity index (χ2n) is 12.7. The molecule has 1 saturated heterocycles. The quantitative estimate of drug-likeness (QED) is 0.260. The van der Waals surface area contributed by atoms with E-state index in [1.54, 1.807) is 43.0 Å². The number of halogens is 1. The minimum atomic E-state index is -0.574. The Morgan fingerprint density at radius 3 is 2.30 bits per heavy atom. The number of pyridine rings is 2. The van der Waals surface area contributed by atoms with Crippen molar-refractivity contribution in [3.63, 3.8) is 0 Å². The molecule has 0 bridgehead atoms. The van der Waals surface area contributed by atoms with E-state index in [0.29, 0.717) is 53.5 Å². The molecule has 9 nitrogen and oxygen atoms in total. The Morgan fingerprint density at radius 1 is 1.02 bits per heavy atom. The van der Waals surface area contributed by atoms with Gasteiger partial charge in [-0.15, -0.1) is 0 Å². The minimum absolute atomic E-state index is 0.234. The maximum Gasteiger partial charge on any atom is 0.339 e. The second-order valence-corrected chi connectivity index (χ2v) is 12.7. The summed E-state index contributed by atoms with van der Waals surface area (Å²) in [6, 6.07) is 10.1. The fraction of sp³-hybridized carbons (Fsp3) is 0.424. The van der Waals surface area contributed by atoms with Crippen LogP contribution in [0.4, 0.5) is 21.6 Å². The number of ether oxygens (including phenoxy) is 1. The number of nitrogens with one attached hydrogen (secondary N) is 2. The monoisotopic (exact) mass is 588 g/mol. The van der Waals surface area contributed by atoms with Gasteiger partial charge in [0.15, 0.2) is 0 Å². The highest BCUT2D eigenvalue weighted by molar-refractivity contribution is 6.06. The molecule has 1 amide bonds. The summed E-state index contributed by atoms with van der Waals surface area (Å²) in [6.45, 7) is 16.6. The molecule has 0 unspecified atom stereocenters. The van der Waals surface area contributed by atoms with E-state index in [4.69, 9.17) is 15.1 Å². The molecule has 1 aliphatic rings. The minimum Gasteiger partial charge on any atom is -0.465 e. The average Bonchev–Trinajstić information content (AvgIpc) is 2.92. The lowest BCUT2D eigenvalue weighted by atomic mass is 9.87. The Bertz CT molecular complexity index is 1570. The Hall–Kier alpha value is -4.34. The largest absolute Gasteiger partial charge is 0.465 e. The first-order chi connectivity index (χ1) is 20.0. The molecule has 0 radical (unpaired) electrons. The Balaban J connectivity index is 1.62. The molecule has 3 heterocycles. The molecular formula is C33H41FN6O3. The van der Waals surface area contributed by atoms with Crippen LogP contribution in [-0.4, -0.2) is 64.7 Å². The fourth-order valence-corrected chi connectivity index (χ4v) is 5.30. The van der Waals surface area contributed by atoms with Crippen LogP contribution in [0.3, 0.4) is 0 Å². The Kier molecular flexibility index (Phi) is 8.63. The zero-order chi connectivity index (χ0) is 31.9. The molecule has 3 aromatic rings. The molecule has 10 heteroatoms. The van der Waals surface area contributed by atoms with Gasteiger partial charge in [-0.2, -0.15) is 0 Å². The van der Waals surface area contributed by atoms with Crippen LogP contribution in [-0.2, 0) is 4.74 Å². The van der Waals surface area contributed by atoms with Gasteiger partial charge in [0.25, 0.3) is 5.91 Å². The number of hydrogen-bond donors (Lipinski definition) is 2. The van der Waals surface area contributed by atoms with Gasteiger partial charge in [-0.1, -0.05) is 26.8 Å². The maximum atomic E-state index is 14.2. The van der Waals surface area contributed by atoms with E-state index in [2.05, 4.69) is 15.2 Å². The molecule has 0 aliphatic carbocycles. The molecular weight excluding hydrogens is 547 g/mol. The van der Waals surface area contributed by atoms with Gasteiger partial charge in [0, 0.05) is 30.7 Å².